The van der Waals surface area contributed by atoms with E-state index in [0.717, 1.165) is 49.1 Å². The zero-order chi connectivity index (χ0) is 24.1. The van der Waals surface area contributed by atoms with E-state index < -0.39 is 0 Å². The van der Waals surface area contributed by atoms with E-state index in [2.05, 4.69) is 22.4 Å². The summed E-state index contributed by atoms with van der Waals surface area (Å²) in [5, 5.41) is 10.3. The SMILES string of the molecule is CC1CC1C(=O)Nc1cccc(C(=O)N(C)CCCCCc2cc(-c3ccc(F)cc3)n[nH]2)c1. The minimum absolute atomic E-state index is 0.0347. The monoisotopic (exact) mass is 462 g/mol. The molecule has 178 valence electrons. The number of hydrogen-bond acceptors (Lipinski definition) is 3. The van der Waals surface area contributed by atoms with E-state index in [-0.39, 0.29) is 23.5 Å². The number of H-pyrrole nitrogens is 1. The molecule has 1 aromatic heterocycles. The topological polar surface area (TPSA) is 78.1 Å². The van der Waals surface area contributed by atoms with Gasteiger partial charge in [0.05, 0.1) is 5.69 Å². The molecule has 1 aliphatic carbocycles. The molecule has 0 aliphatic heterocycles. The lowest BCUT2D eigenvalue weighted by molar-refractivity contribution is -0.117. The molecule has 0 radical (unpaired) electrons. The van der Waals surface area contributed by atoms with E-state index in [0.29, 0.717) is 23.7 Å². The second-order valence-electron chi connectivity index (χ2n) is 9.21. The Balaban J connectivity index is 1.19. The first-order valence-electron chi connectivity index (χ1n) is 11.9. The maximum atomic E-state index is 13.1. The van der Waals surface area contributed by atoms with E-state index in [1.165, 1.54) is 12.1 Å². The maximum Gasteiger partial charge on any atom is 0.253 e. The first-order chi connectivity index (χ1) is 16.4. The summed E-state index contributed by atoms with van der Waals surface area (Å²) < 4.78 is 13.1. The van der Waals surface area contributed by atoms with Crippen LogP contribution in [0.5, 0.6) is 0 Å². The first-order valence-corrected chi connectivity index (χ1v) is 11.9. The Morgan fingerprint density at radius 3 is 2.62 bits per heavy atom. The van der Waals surface area contributed by atoms with E-state index in [4.69, 9.17) is 0 Å². The third-order valence-corrected chi connectivity index (χ3v) is 6.38. The van der Waals surface area contributed by atoms with E-state index in [1.807, 2.05) is 19.2 Å². The number of halogens is 1. The minimum Gasteiger partial charge on any atom is -0.342 e. The fraction of sp³-hybridized carbons (Fsp3) is 0.370. The number of carbonyl (C=O) groups is 2. The highest BCUT2D eigenvalue weighted by molar-refractivity contribution is 5.98. The molecule has 0 saturated heterocycles. The molecule has 3 aromatic rings. The Labute approximate surface area is 199 Å². The second-order valence-corrected chi connectivity index (χ2v) is 9.21. The van der Waals surface area contributed by atoms with Crippen molar-refractivity contribution < 1.29 is 14.0 Å². The number of aromatic amines is 1. The molecule has 1 saturated carbocycles. The second kappa shape index (κ2) is 10.6. The molecule has 2 atom stereocenters. The van der Waals surface area contributed by atoms with Gasteiger partial charge in [-0.25, -0.2) is 4.39 Å². The first kappa shape index (κ1) is 23.7. The summed E-state index contributed by atoms with van der Waals surface area (Å²) in [6.07, 6.45) is 4.67. The number of hydrogen-bond donors (Lipinski definition) is 2. The van der Waals surface area contributed by atoms with Gasteiger partial charge >= 0.3 is 0 Å². The third kappa shape index (κ3) is 6.10. The Morgan fingerprint density at radius 2 is 1.88 bits per heavy atom. The third-order valence-electron chi connectivity index (χ3n) is 6.38. The lowest BCUT2D eigenvalue weighted by atomic mass is 10.1. The van der Waals surface area contributed by atoms with Gasteiger partial charge in [0.25, 0.3) is 5.91 Å². The van der Waals surface area contributed by atoms with Crippen molar-refractivity contribution in [2.45, 2.75) is 39.0 Å². The number of aryl methyl sites for hydroxylation is 1. The molecule has 0 bridgehead atoms. The predicted molar refractivity (Wildman–Crippen MR) is 131 cm³/mol. The molecule has 2 amide bonds. The number of aromatic nitrogens is 2. The van der Waals surface area contributed by atoms with Gasteiger partial charge < -0.3 is 10.2 Å². The van der Waals surface area contributed by atoms with Crippen molar-refractivity contribution in [2.24, 2.45) is 11.8 Å². The fourth-order valence-corrected chi connectivity index (χ4v) is 4.07. The van der Waals surface area contributed by atoms with Gasteiger partial charge in [-0.05, 0) is 80.1 Å². The van der Waals surface area contributed by atoms with E-state index in [9.17, 15) is 14.0 Å². The van der Waals surface area contributed by atoms with E-state index >= 15 is 0 Å². The van der Waals surface area contributed by atoms with Gasteiger partial charge in [-0.1, -0.05) is 19.4 Å². The van der Waals surface area contributed by atoms with Crippen molar-refractivity contribution in [3.05, 3.63) is 71.7 Å². The Morgan fingerprint density at radius 1 is 1.12 bits per heavy atom. The largest absolute Gasteiger partial charge is 0.342 e. The average molecular weight is 463 g/mol. The lowest BCUT2D eigenvalue weighted by Gasteiger charge is -2.17. The van der Waals surface area contributed by atoms with Gasteiger partial charge in [-0.3, -0.25) is 14.7 Å². The number of carbonyl (C=O) groups excluding carboxylic acids is 2. The van der Waals surface area contributed by atoms with Crippen molar-refractivity contribution in [1.82, 2.24) is 15.1 Å². The lowest BCUT2D eigenvalue weighted by Crippen LogP contribution is -2.27. The molecule has 2 aromatic carbocycles. The van der Waals surface area contributed by atoms with Crippen LogP contribution >= 0.6 is 0 Å². The van der Waals surface area contributed by atoms with Gasteiger partial charge in [0.1, 0.15) is 5.82 Å². The predicted octanol–water partition coefficient (Wildman–Crippen LogP) is 5.30. The standard InChI is InChI=1S/C27H31FN4O2/c1-18-15-24(18)26(33)29-22-9-6-7-20(16-22)27(34)32(2)14-5-3-4-8-23-17-25(31-30-23)19-10-12-21(28)13-11-19/h6-7,9-13,16-18,24H,3-5,8,14-15H2,1-2H3,(H,29,33)(H,30,31). The Bertz CT molecular complexity index is 1140. The highest BCUT2D eigenvalue weighted by Gasteiger charge is 2.39. The quantitative estimate of drug-likeness (QED) is 0.402. The van der Waals surface area contributed by atoms with Crippen molar-refractivity contribution in [3.63, 3.8) is 0 Å². The number of nitrogens with zero attached hydrogens (tertiary/aromatic N) is 2. The van der Waals surface area contributed by atoms with Crippen LogP contribution in [0, 0.1) is 17.7 Å². The van der Waals surface area contributed by atoms with Gasteiger partial charge in [0.15, 0.2) is 0 Å². The number of rotatable bonds is 10. The highest BCUT2D eigenvalue weighted by Crippen LogP contribution is 2.38. The van der Waals surface area contributed by atoms with Crippen LogP contribution in [-0.2, 0) is 11.2 Å². The van der Waals surface area contributed by atoms with Crippen molar-refractivity contribution >= 4 is 17.5 Å². The van der Waals surface area contributed by atoms with Crippen LogP contribution in [0.4, 0.5) is 10.1 Å². The number of nitrogens with one attached hydrogen (secondary N) is 2. The Kier molecular flexibility index (Phi) is 7.40. The van der Waals surface area contributed by atoms with Gasteiger partial charge in [0, 0.05) is 42.0 Å². The van der Waals surface area contributed by atoms with Gasteiger partial charge in [-0.2, -0.15) is 5.10 Å². The molecule has 2 N–H and O–H groups in total. The van der Waals surface area contributed by atoms with Gasteiger partial charge in [0.2, 0.25) is 5.91 Å². The number of amides is 2. The summed E-state index contributed by atoms with van der Waals surface area (Å²) in [6, 6.07) is 15.5. The molecule has 34 heavy (non-hydrogen) atoms. The van der Waals surface area contributed by atoms with Crippen LogP contribution in [0.25, 0.3) is 11.3 Å². The van der Waals surface area contributed by atoms with E-state index in [1.54, 1.807) is 35.2 Å². The van der Waals surface area contributed by atoms with Gasteiger partial charge in [-0.15, -0.1) is 0 Å². The highest BCUT2D eigenvalue weighted by atomic mass is 19.1. The summed E-state index contributed by atoms with van der Waals surface area (Å²) >= 11 is 0. The smallest absolute Gasteiger partial charge is 0.253 e. The number of benzene rings is 2. The molecule has 1 fully saturated rings. The molecule has 1 heterocycles. The number of anilines is 1. The molecule has 2 unspecified atom stereocenters. The molecule has 7 heteroatoms. The summed E-state index contributed by atoms with van der Waals surface area (Å²) in [6.45, 7) is 2.73. The van der Waals surface area contributed by atoms with Crippen molar-refractivity contribution in [1.29, 1.82) is 0 Å². The summed E-state index contributed by atoms with van der Waals surface area (Å²) in [7, 11) is 1.81. The van der Waals surface area contributed by atoms with Crippen LogP contribution in [0.3, 0.4) is 0 Å². The van der Waals surface area contributed by atoms with Crippen LogP contribution in [0.1, 0.15) is 48.7 Å². The fourth-order valence-electron chi connectivity index (χ4n) is 4.07. The Hall–Kier alpha value is -3.48. The number of unbranched alkanes of at least 4 members (excludes halogenated alkanes) is 2. The molecular weight excluding hydrogens is 431 g/mol. The maximum absolute atomic E-state index is 13.1. The van der Waals surface area contributed by atoms with Crippen molar-refractivity contribution in [2.75, 3.05) is 18.9 Å². The molecule has 4 rings (SSSR count). The zero-order valence-electron chi connectivity index (χ0n) is 19.7. The van der Waals surface area contributed by atoms with Crippen molar-refractivity contribution in [3.8, 4) is 11.3 Å². The average Bonchev–Trinajstić information content (AvgIpc) is 3.39. The van der Waals surface area contributed by atoms with Crippen LogP contribution < -0.4 is 5.32 Å². The van der Waals surface area contributed by atoms with Crippen LogP contribution in [0.15, 0.2) is 54.6 Å². The molecule has 6 nitrogen and oxygen atoms in total. The molecule has 1 aliphatic rings. The summed E-state index contributed by atoms with van der Waals surface area (Å²) in [5.41, 5.74) is 3.99. The van der Waals surface area contributed by atoms with Crippen LogP contribution in [-0.4, -0.2) is 40.5 Å². The summed E-state index contributed by atoms with van der Waals surface area (Å²) in [4.78, 5) is 26.7. The molecule has 0 spiro atoms. The van der Waals surface area contributed by atoms with Crippen LogP contribution in [0.2, 0.25) is 0 Å². The molecular formula is C27H31FN4O2. The zero-order valence-corrected chi connectivity index (χ0v) is 19.7. The summed E-state index contributed by atoms with van der Waals surface area (Å²) in [5.74, 6) is 0.269. The minimum atomic E-state index is -0.259. The normalized spacial score (nSPS) is 16.8.